The molecule has 0 fully saturated rings. The van der Waals surface area contributed by atoms with Crippen LogP contribution in [0.4, 0.5) is 0 Å². The van der Waals surface area contributed by atoms with Gasteiger partial charge in [-0.3, -0.25) is 0 Å². The van der Waals surface area contributed by atoms with Crippen molar-refractivity contribution in [1.29, 1.82) is 0 Å². The summed E-state index contributed by atoms with van der Waals surface area (Å²) < 4.78 is 2.29. The van der Waals surface area contributed by atoms with E-state index in [9.17, 15) is 0 Å². The highest BCUT2D eigenvalue weighted by atomic mass is 14.9. The molecule has 1 aromatic heterocycles. The fourth-order valence-corrected chi connectivity index (χ4v) is 2.11. The van der Waals surface area contributed by atoms with Crippen LogP contribution in [0.25, 0.3) is 10.9 Å². The molecular weight excluding hydrogens is 184 g/mol. The number of rotatable bonds is 3. The number of hydrogen-bond donors (Lipinski definition) is 1. The smallest absolute Gasteiger partial charge is 0.0485 e. The van der Waals surface area contributed by atoms with E-state index in [0.29, 0.717) is 0 Å². The Morgan fingerprint density at radius 1 is 1.27 bits per heavy atom. The van der Waals surface area contributed by atoms with Crippen LogP contribution in [0.1, 0.15) is 17.5 Å². The van der Waals surface area contributed by atoms with Crippen LogP contribution in [-0.4, -0.2) is 11.1 Å². The minimum atomic E-state index is 0.754. The van der Waals surface area contributed by atoms with E-state index in [-0.39, 0.29) is 0 Å². The van der Waals surface area contributed by atoms with Crippen LogP contribution in [0, 0.1) is 13.8 Å². The highest BCUT2D eigenvalue weighted by Gasteiger charge is 2.03. The predicted octanol–water partition coefficient (Wildman–Crippen LogP) is 2.61. The molecule has 0 radical (unpaired) electrons. The number of nitrogens with zero attached hydrogens (tertiary/aromatic N) is 1. The van der Waals surface area contributed by atoms with Gasteiger partial charge in [0.1, 0.15) is 0 Å². The molecule has 0 aliphatic rings. The van der Waals surface area contributed by atoms with E-state index in [1.54, 1.807) is 0 Å². The average molecular weight is 202 g/mol. The van der Waals surface area contributed by atoms with Crippen LogP contribution in [-0.2, 0) is 6.54 Å². The number of nitrogens with two attached hydrogens (primary N) is 1. The lowest BCUT2D eigenvalue weighted by Gasteiger charge is -2.06. The Labute approximate surface area is 90.7 Å². The van der Waals surface area contributed by atoms with Crippen LogP contribution in [0.15, 0.2) is 24.4 Å². The van der Waals surface area contributed by atoms with Crippen LogP contribution < -0.4 is 5.73 Å². The Balaban J connectivity index is 2.49. The van der Waals surface area contributed by atoms with Gasteiger partial charge in [0.25, 0.3) is 0 Å². The van der Waals surface area contributed by atoms with Crippen LogP contribution in [0.2, 0.25) is 0 Å². The van der Waals surface area contributed by atoms with Gasteiger partial charge in [0, 0.05) is 23.6 Å². The summed E-state index contributed by atoms with van der Waals surface area (Å²) in [5.74, 6) is 0. The van der Waals surface area contributed by atoms with Gasteiger partial charge in [-0.25, -0.2) is 0 Å². The molecule has 2 heteroatoms. The predicted molar refractivity (Wildman–Crippen MR) is 65.1 cm³/mol. The van der Waals surface area contributed by atoms with Crippen LogP contribution >= 0.6 is 0 Å². The summed E-state index contributed by atoms with van der Waals surface area (Å²) in [5, 5.41) is 1.36. The summed E-state index contributed by atoms with van der Waals surface area (Å²) in [4.78, 5) is 0. The second kappa shape index (κ2) is 4.07. The quantitative estimate of drug-likeness (QED) is 0.815. The van der Waals surface area contributed by atoms with E-state index >= 15 is 0 Å². The maximum absolute atomic E-state index is 5.54. The molecule has 0 spiro atoms. The lowest BCUT2D eigenvalue weighted by atomic mass is 10.1. The molecule has 0 unspecified atom stereocenters. The topological polar surface area (TPSA) is 30.9 Å². The lowest BCUT2D eigenvalue weighted by molar-refractivity contribution is 0.670. The zero-order chi connectivity index (χ0) is 10.8. The fraction of sp³-hybridized carbons (Fsp3) is 0.385. The fourth-order valence-electron chi connectivity index (χ4n) is 2.11. The molecule has 0 amide bonds. The third-order valence-electron chi connectivity index (χ3n) is 2.84. The monoisotopic (exact) mass is 202 g/mol. The molecule has 2 nitrogen and oxygen atoms in total. The van der Waals surface area contributed by atoms with Crippen molar-refractivity contribution in [3.8, 4) is 0 Å². The first-order chi connectivity index (χ1) is 7.22. The summed E-state index contributed by atoms with van der Waals surface area (Å²) in [6.45, 7) is 6.09. The van der Waals surface area contributed by atoms with Gasteiger partial charge in [0.05, 0.1) is 0 Å². The molecule has 1 heterocycles. The minimum Gasteiger partial charge on any atom is -0.347 e. The molecule has 0 atom stereocenters. The Bertz CT molecular complexity index is 469. The van der Waals surface area contributed by atoms with E-state index in [1.165, 1.54) is 22.0 Å². The lowest BCUT2D eigenvalue weighted by Crippen LogP contribution is -2.04. The molecule has 80 valence electrons. The van der Waals surface area contributed by atoms with Gasteiger partial charge in [-0.15, -0.1) is 0 Å². The molecule has 2 rings (SSSR count). The van der Waals surface area contributed by atoms with Crippen molar-refractivity contribution in [2.24, 2.45) is 5.73 Å². The summed E-state index contributed by atoms with van der Waals surface area (Å²) in [7, 11) is 0. The van der Waals surface area contributed by atoms with E-state index in [0.717, 1.165) is 19.5 Å². The molecule has 15 heavy (non-hydrogen) atoms. The van der Waals surface area contributed by atoms with Crippen molar-refractivity contribution < 1.29 is 0 Å². The van der Waals surface area contributed by atoms with E-state index in [4.69, 9.17) is 5.73 Å². The summed E-state index contributed by atoms with van der Waals surface area (Å²) in [6, 6.07) is 6.68. The van der Waals surface area contributed by atoms with E-state index < -0.39 is 0 Å². The van der Waals surface area contributed by atoms with Crippen molar-refractivity contribution in [3.05, 3.63) is 35.5 Å². The SMILES string of the molecule is Cc1cc(C)c2ccn(CCCN)c2c1. The molecular formula is C13H18N2. The molecule has 0 aliphatic heterocycles. The first-order valence-corrected chi connectivity index (χ1v) is 5.48. The van der Waals surface area contributed by atoms with E-state index in [2.05, 4.69) is 42.8 Å². The molecule has 2 aromatic rings. The van der Waals surface area contributed by atoms with Crippen LogP contribution in [0.5, 0.6) is 0 Å². The first-order valence-electron chi connectivity index (χ1n) is 5.48. The maximum atomic E-state index is 5.54. The number of benzene rings is 1. The zero-order valence-corrected chi connectivity index (χ0v) is 9.46. The molecule has 0 bridgehead atoms. The molecule has 0 saturated carbocycles. The number of fused-ring (bicyclic) bond motifs is 1. The van der Waals surface area contributed by atoms with Gasteiger partial charge >= 0.3 is 0 Å². The highest BCUT2D eigenvalue weighted by molar-refractivity contribution is 5.84. The number of hydrogen-bond acceptors (Lipinski definition) is 1. The number of aryl methyl sites for hydroxylation is 3. The van der Waals surface area contributed by atoms with Crippen molar-refractivity contribution in [2.45, 2.75) is 26.8 Å². The normalized spacial score (nSPS) is 11.1. The standard InChI is InChI=1S/C13H18N2/c1-10-8-11(2)12-4-7-15(6-3-5-14)13(12)9-10/h4,7-9H,3,5-6,14H2,1-2H3. The Hall–Kier alpha value is -1.28. The zero-order valence-electron chi connectivity index (χ0n) is 9.46. The van der Waals surface area contributed by atoms with Crippen molar-refractivity contribution >= 4 is 10.9 Å². The van der Waals surface area contributed by atoms with Crippen molar-refractivity contribution in [2.75, 3.05) is 6.54 Å². The largest absolute Gasteiger partial charge is 0.347 e. The molecule has 0 aliphatic carbocycles. The third kappa shape index (κ3) is 1.90. The highest BCUT2D eigenvalue weighted by Crippen LogP contribution is 2.21. The minimum absolute atomic E-state index is 0.754. The first kappa shape index (κ1) is 10.2. The van der Waals surface area contributed by atoms with Crippen molar-refractivity contribution in [1.82, 2.24) is 4.57 Å². The molecule has 0 saturated heterocycles. The second-order valence-corrected chi connectivity index (χ2v) is 4.17. The molecule has 2 N–H and O–H groups in total. The van der Waals surface area contributed by atoms with Crippen LogP contribution in [0.3, 0.4) is 0 Å². The second-order valence-electron chi connectivity index (χ2n) is 4.17. The third-order valence-corrected chi connectivity index (χ3v) is 2.84. The Morgan fingerprint density at radius 3 is 2.80 bits per heavy atom. The van der Waals surface area contributed by atoms with Gasteiger partial charge in [-0.05, 0) is 50.1 Å². The van der Waals surface area contributed by atoms with Gasteiger partial charge in [-0.2, -0.15) is 0 Å². The van der Waals surface area contributed by atoms with E-state index in [1.807, 2.05) is 0 Å². The van der Waals surface area contributed by atoms with Gasteiger partial charge in [-0.1, -0.05) is 6.07 Å². The average Bonchev–Trinajstić information content (AvgIpc) is 2.58. The summed E-state index contributed by atoms with van der Waals surface area (Å²) >= 11 is 0. The number of aromatic nitrogens is 1. The van der Waals surface area contributed by atoms with Gasteiger partial charge in [0.2, 0.25) is 0 Å². The van der Waals surface area contributed by atoms with Gasteiger partial charge in [0.15, 0.2) is 0 Å². The Morgan fingerprint density at radius 2 is 2.07 bits per heavy atom. The molecule has 1 aromatic carbocycles. The summed E-state index contributed by atoms with van der Waals surface area (Å²) in [5.41, 5.74) is 9.55. The Kier molecular flexibility index (Phi) is 2.78. The van der Waals surface area contributed by atoms with Crippen molar-refractivity contribution in [3.63, 3.8) is 0 Å². The summed E-state index contributed by atoms with van der Waals surface area (Å²) in [6.07, 6.45) is 3.20. The van der Waals surface area contributed by atoms with Gasteiger partial charge < -0.3 is 10.3 Å². The maximum Gasteiger partial charge on any atom is 0.0485 e.